The van der Waals surface area contributed by atoms with Gasteiger partial charge >= 0.3 is 5.97 Å². The number of ether oxygens (including phenoxy) is 2. The van der Waals surface area contributed by atoms with Gasteiger partial charge in [0.05, 0.1) is 31.3 Å². The number of aliphatic hydroxyl groups excluding tert-OH is 1. The predicted octanol–water partition coefficient (Wildman–Crippen LogP) is 2.19. The molecule has 3 heterocycles. The number of aliphatic hydroxyl groups is 1. The Balaban J connectivity index is 1.52. The summed E-state index contributed by atoms with van der Waals surface area (Å²) >= 11 is 0. The number of rotatable bonds is 3. The number of carboxylic acid groups (broad SMARTS) is 1. The van der Waals surface area contributed by atoms with Crippen LogP contribution in [0.1, 0.15) is 30.1 Å². The molecule has 0 unspecified atom stereocenters. The largest absolute Gasteiger partial charge is 0.497 e. The Kier molecular flexibility index (Phi) is 4.57. The summed E-state index contributed by atoms with van der Waals surface area (Å²) in [5.74, 6) is -0.539. The first-order valence-corrected chi connectivity index (χ1v) is 10.4. The SMILES string of the molecule is COc1ccc2c3c([nH]c2c1)[C@@H]1C[C@@H]2[C@H](C[C@H](O)[C@@H](OC)[C@H]2C(=O)O)CN1CC3. The van der Waals surface area contributed by atoms with Crippen molar-refractivity contribution in [2.24, 2.45) is 17.8 Å². The summed E-state index contributed by atoms with van der Waals surface area (Å²) in [5, 5.41) is 21.7. The summed E-state index contributed by atoms with van der Waals surface area (Å²) in [6.45, 7) is 1.78. The molecule has 1 aromatic heterocycles. The third-order valence-corrected chi connectivity index (χ3v) is 7.44. The van der Waals surface area contributed by atoms with Crippen LogP contribution in [0.4, 0.5) is 0 Å². The van der Waals surface area contributed by atoms with Crippen LogP contribution in [0.5, 0.6) is 5.75 Å². The summed E-state index contributed by atoms with van der Waals surface area (Å²) in [4.78, 5) is 18.2. The lowest BCUT2D eigenvalue weighted by atomic mass is 9.64. The molecule has 0 bridgehead atoms. The Morgan fingerprint density at radius 3 is 2.83 bits per heavy atom. The van der Waals surface area contributed by atoms with Gasteiger partial charge in [-0.3, -0.25) is 9.69 Å². The monoisotopic (exact) mass is 400 g/mol. The van der Waals surface area contributed by atoms with Crippen LogP contribution in [-0.4, -0.2) is 65.6 Å². The highest BCUT2D eigenvalue weighted by molar-refractivity contribution is 5.86. The molecule has 2 aromatic rings. The van der Waals surface area contributed by atoms with E-state index in [0.29, 0.717) is 6.42 Å². The lowest BCUT2D eigenvalue weighted by molar-refractivity contribution is -0.172. The summed E-state index contributed by atoms with van der Waals surface area (Å²) < 4.78 is 10.8. The molecule has 0 radical (unpaired) electrons. The first-order valence-electron chi connectivity index (χ1n) is 10.4. The number of H-pyrrole nitrogens is 1. The fourth-order valence-electron chi connectivity index (χ4n) is 6.15. The van der Waals surface area contributed by atoms with Crippen LogP contribution in [0.15, 0.2) is 18.2 Å². The molecular weight excluding hydrogens is 372 g/mol. The van der Waals surface area contributed by atoms with E-state index in [4.69, 9.17) is 9.47 Å². The van der Waals surface area contributed by atoms with E-state index < -0.39 is 24.1 Å². The number of nitrogens with one attached hydrogen (secondary N) is 1. The fraction of sp³-hybridized carbons (Fsp3) is 0.591. The van der Waals surface area contributed by atoms with Gasteiger partial charge in [0.1, 0.15) is 5.75 Å². The van der Waals surface area contributed by atoms with Crippen molar-refractivity contribution in [1.82, 2.24) is 9.88 Å². The summed E-state index contributed by atoms with van der Waals surface area (Å²) in [7, 11) is 3.17. The second-order valence-corrected chi connectivity index (χ2v) is 8.72. The van der Waals surface area contributed by atoms with E-state index in [1.165, 1.54) is 23.8 Å². The second kappa shape index (κ2) is 7.00. The molecule has 29 heavy (non-hydrogen) atoms. The summed E-state index contributed by atoms with van der Waals surface area (Å²) in [6.07, 6.45) is 0.981. The number of carboxylic acids is 1. The zero-order valence-corrected chi connectivity index (χ0v) is 16.8. The van der Waals surface area contributed by atoms with Gasteiger partial charge in [0.2, 0.25) is 0 Å². The average Bonchev–Trinajstić information content (AvgIpc) is 3.09. The highest BCUT2D eigenvalue weighted by Gasteiger charge is 2.52. The molecule has 7 nitrogen and oxygen atoms in total. The molecule has 1 saturated carbocycles. The molecule has 2 aliphatic heterocycles. The molecule has 1 aliphatic carbocycles. The highest BCUT2D eigenvalue weighted by atomic mass is 16.5. The van der Waals surface area contributed by atoms with Gasteiger partial charge in [-0.05, 0) is 48.8 Å². The fourth-order valence-corrected chi connectivity index (χ4v) is 6.15. The van der Waals surface area contributed by atoms with E-state index in [2.05, 4.69) is 16.0 Å². The smallest absolute Gasteiger partial charge is 0.309 e. The molecule has 0 spiro atoms. The lowest BCUT2D eigenvalue weighted by Crippen LogP contribution is -2.57. The lowest BCUT2D eigenvalue weighted by Gasteiger charge is -2.52. The quantitative estimate of drug-likeness (QED) is 0.731. The topological polar surface area (TPSA) is 95.0 Å². The van der Waals surface area contributed by atoms with Gasteiger partial charge in [-0.25, -0.2) is 0 Å². The number of methoxy groups -OCH3 is 2. The van der Waals surface area contributed by atoms with Crippen LogP contribution < -0.4 is 4.74 Å². The minimum absolute atomic E-state index is 0.00556. The van der Waals surface area contributed by atoms with Crippen molar-refractivity contribution in [2.45, 2.75) is 37.5 Å². The molecule has 6 atom stereocenters. The second-order valence-electron chi connectivity index (χ2n) is 8.72. The number of nitrogens with zero attached hydrogens (tertiary/aromatic N) is 1. The van der Waals surface area contributed by atoms with Gasteiger partial charge in [-0.1, -0.05) is 0 Å². The van der Waals surface area contributed by atoms with Gasteiger partial charge in [0, 0.05) is 42.9 Å². The summed E-state index contributed by atoms with van der Waals surface area (Å²) in [6, 6.07) is 6.31. The third-order valence-electron chi connectivity index (χ3n) is 7.44. The Bertz CT molecular complexity index is 941. The van der Waals surface area contributed by atoms with Gasteiger partial charge in [0.15, 0.2) is 0 Å². The van der Waals surface area contributed by atoms with E-state index in [-0.39, 0.29) is 17.9 Å². The summed E-state index contributed by atoms with van der Waals surface area (Å²) in [5.41, 5.74) is 3.62. The van der Waals surface area contributed by atoms with Crippen molar-refractivity contribution in [1.29, 1.82) is 0 Å². The Morgan fingerprint density at radius 2 is 2.10 bits per heavy atom. The van der Waals surface area contributed by atoms with E-state index in [9.17, 15) is 15.0 Å². The van der Waals surface area contributed by atoms with Crippen molar-refractivity contribution < 1.29 is 24.5 Å². The number of piperidine rings is 1. The van der Waals surface area contributed by atoms with Crippen molar-refractivity contribution in [2.75, 3.05) is 27.3 Å². The molecule has 2 fully saturated rings. The molecule has 1 saturated heterocycles. The maximum absolute atomic E-state index is 12.1. The number of carbonyl (C=O) groups is 1. The molecule has 3 aliphatic rings. The van der Waals surface area contributed by atoms with Gasteiger partial charge < -0.3 is 24.7 Å². The number of fused-ring (bicyclic) bond motifs is 6. The van der Waals surface area contributed by atoms with Crippen molar-refractivity contribution in [3.05, 3.63) is 29.5 Å². The minimum Gasteiger partial charge on any atom is -0.497 e. The molecule has 5 rings (SSSR count). The van der Waals surface area contributed by atoms with Crippen LogP contribution in [0.25, 0.3) is 10.9 Å². The normalized spacial score (nSPS) is 34.3. The number of hydrogen-bond donors (Lipinski definition) is 3. The van der Waals surface area contributed by atoms with Crippen LogP contribution >= 0.6 is 0 Å². The van der Waals surface area contributed by atoms with E-state index in [0.717, 1.165) is 37.2 Å². The number of hydrogen-bond acceptors (Lipinski definition) is 5. The molecular formula is C22H28N2O5. The van der Waals surface area contributed by atoms with Crippen molar-refractivity contribution in [3.8, 4) is 5.75 Å². The predicted molar refractivity (Wildman–Crippen MR) is 107 cm³/mol. The van der Waals surface area contributed by atoms with Crippen LogP contribution in [0.2, 0.25) is 0 Å². The van der Waals surface area contributed by atoms with Gasteiger partial charge in [0.25, 0.3) is 0 Å². The zero-order valence-electron chi connectivity index (χ0n) is 16.8. The van der Waals surface area contributed by atoms with Gasteiger partial charge in [-0.15, -0.1) is 0 Å². The van der Waals surface area contributed by atoms with E-state index >= 15 is 0 Å². The maximum Gasteiger partial charge on any atom is 0.309 e. The van der Waals surface area contributed by atoms with Crippen molar-refractivity contribution >= 4 is 16.9 Å². The molecule has 1 aromatic carbocycles. The average molecular weight is 400 g/mol. The Hall–Kier alpha value is -2.09. The van der Waals surface area contributed by atoms with Crippen LogP contribution in [0.3, 0.4) is 0 Å². The van der Waals surface area contributed by atoms with Crippen molar-refractivity contribution in [3.63, 3.8) is 0 Å². The third kappa shape index (κ3) is 2.86. The minimum atomic E-state index is -0.864. The first kappa shape index (κ1) is 18.9. The maximum atomic E-state index is 12.1. The molecule has 7 heteroatoms. The standard InChI is InChI=1S/C22H28N2O5/c1-28-12-3-4-13-14-5-6-24-10-11-7-18(25)21(29-2)19(22(26)27)15(11)9-17(24)20(14)23-16(13)8-12/h3-4,8,11,15,17-19,21,23,25H,5-7,9-10H2,1-2H3,(H,26,27)/t11-,15-,17+,18+,19+,21-/m1/s1. The Labute approximate surface area is 169 Å². The van der Waals surface area contributed by atoms with Crippen LogP contribution in [0, 0.1) is 17.8 Å². The first-order chi connectivity index (χ1) is 14.0. The molecule has 0 amide bonds. The molecule has 156 valence electrons. The van der Waals surface area contributed by atoms with E-state index in [1.807, 2.05) is 12.1 Å². The number of benzene rings is 1. The van der Waals surface area contributed by atoms with E-state index in [1.54, 1.807) is 7.11 Å². The highest BCUT2D eigenvalue weighted by Crippen LogP contribution is 2.49. The number of aliphatic carboxylic acids is 1. The van der Waals surface area contributed by atoms with Gasteiger partial charge in [-0.2, -0.15) is 0 Å². The number of aromatic amines is 1. The molecule has 3 N–H and O–H groups in total. The zero-order chi connectivity index (χ0) is 20.3. The Morgan fingerprint density at radius 1 is 1.28 bits per heavy atom. The van der Waals surface area contributed by atoms with Crippen LogP contribution in [-0.2, 0) is 16.0 Å². The number of aromatic nitrogens is 1.